The Morgan fingerprint density at radius 1 is 1.12 bits per heavy atom. The molecule has 0 fully saturated rings. The third-order valence-electron chi connectivity index (χ3n) is 3.47. The molecule has 0 aliphatic rings. The van der Waals surface area contributed by atoms with E-state index in [0.29, 0.717) is 12.8 Å². The fraction of sp³-hybridized carbons (Fsp3) is 0.429. The molecule has 0 aromatic heterocycles. The monoisotopic (exact) mass is 218 g/mol. The average molecular weight is 218 g/mol. The molecule has 0 radical (unpaired) electrons. The maximum atomic E-state index is 11.3. The van der Waals surface area contributed by atoms with E-state index in [-0.39, 0.29) is 5.92 Å². The van der Waals surface area contributed by atoms with Gasteiger partial charge in [-0.15, -0.1) is 0 Å². The molecule has 0 aliphatic heterocycles. The first-order valence-electron chi connectivity index (χ1n) is 5.70. The lowest BCUT2D eigenvalue weighted by Crippen LogP contribution is -2.30. The molecule has 0 saturated heterocycles. The quantitative estimate of drug-likeness (QED) is 0.688. The van der Waals surface area contributed by atoms with Crippen molar-refractivity contribution >= 4 is 12.6 Å². The first-order chi connectivity index (χ1) is 7.74. The number of hydrogen-bond acceptors (Lipinski definition) is 2. The molecule has 86 valence electrons. The van der Waals surface area contributed by atoms with Gasteiger partial charge in [-0.05, 0) is 18.4 Å². The summed E-state index contributed by atoms with van der Waals surface area (Å²) >= 11 is 0. The van der Waals surface area contributed by atoms with Crippen LogP contribution in [0.3, 0.4) is 0 Å². The lowest BCUT2D eigenvalue weighted by Gasteiger charge is -2.31. The van der Waals surface area contributed by atoms with Crippen molar-refractivity contribution in [3.05, 3.63) is 35.9 Å². The van der Waals surface area contributed by atoms with Crippen molar-refractivity contribution in [3.63, 3.8) is 0 Å². The highest BCUT2D eigenvalue weighted by Crippen LogP contribution is 2.38. The van der Waals surface area contributed by atoms with E-state index in [1.54, 1.807) is 0 Å². The van der Waals surface area contributed by atoms with Crippen LogP contribution >= 0.6 is 0 Å². The standard InChI is InChI=1S/C14H18O2/c1-3-14(4-2,11-16)13(10-15)12-8-6-5-7-9-12/h5-11,13H,3-4H2,1-2H3. The second kappa shape index (κ2) is 5.59. The normalized spacial score (nSPS) is 13.1. The summed E-state index contributed by atoms with van der Waals surface area (Å²) in [6, 6.07) is 9.51. The van der Waals surface area contributed by atoms with Crippen LogP contribution in [-0.4, -0.2) is 12.6 Å². The van der Waals surface area contributed by atoms with Gasteiger partial charge < -0.3 is 9.59 Å². The Bertz CT molecular complexity index is 339. The van der Waals surface area contributed by atoms with Crippen LogP contribution in [0.5, 0.6) is 0 Å². The Labute approximate surface area is 96.7 Å². The Morgan fingerprint density at radius 3 is 2.06 bits per heavy atom. The van der Waals surface area contributed by atoms with Crippen LogP contribution in [0, 0.1) is 5.41 Å². The zero-order valence-corrected chi connectivity index (χ0v) is 9.85. The minimum Gasteiger partial charge on any atom is -0.303 e. The molecule has 0 aliphatic carbocycles. The van der Waals surface area contributed by atoms with Crippen LogP contribution < -0.4 is 0 Å². The van der Waals surface area contributed by atoms with Gasteiger partial charge in [-0.3, -0.25) is 0 Å². The molecule has 2 heteroatoms. The molecule has 1 unspecified atom stereocenters. The second-order valence-corrected chi connectivity index (χ2v) is 4.08. The number of carbonyl (C=O) groups is 2. The summed E-state index contributed by atoms with van der Waals surface area (Å²) in [5, 5.41) is 0. The molecule has 0 N–H and O–H groups in total. The minimum absolute atomic E-state index is 0.332. The average Bonchev–Trinajstić information content (AvgIpc) is 2.37. The van der Waals surface area contributed by atoms with Crippen molar-refractivity contribution in [2.75, 3.05) is 0 Å². The number of hydrogen-bond donors (Lipinski definition) is 0. The first kappa shape index (κ1) is 12.6. The van der Waals surface area contributed by atoms with Gasteiger partial charge in [0.25, 0.3) is 0 Å². The van der Waals surface area contributed by atoms with E-state index in [0.717, 1.165) is 18.1 Å². The Hall–Kier alpha value is -1.44. The van der Waals surface area contributed by atoms with Gasteiger partial charge in [0.2, 0.25) is 0 Å². The van der Waals surface area contributed by atoms with Gasteiger partial charge >= 0.3 is 0 Å². The smallest absolute Gasteiger partial charge is 0.128 e. The van der Waals surface area contributed by atoms with Crippen LogP contribution in [0.1, 0.15) is 38.2 Å². The summed E-state index contributed by atoms with van der Waals surface area (Å²) < 4.78 is 0. The Balaban J connectivity index is 3.15. The molecule has 0 amide bonds. The highest BCUT2D eigenvalue weighted by atomic mass is 16.1. The third-order valence-corrected chi connectivity index (χ3v) is 3.47. The van der Waals surface area contributed by atoms with E-state index in [4.69, 9.17) is 0 Å². The molecule has 1 atom stereocenters. The van der Waals surface area contributed by atoms with Crippen LogP contribution in [0.15, 0.2) is 30.3 Å². The van der Waals surface area contributed by atoms with E-state index < -0.39 is 5.41 Å². The van der Waals surface area contributed by atoms with Gasteiger partial charge in [0, 0.05) is 5.41 Å². The van der Waals surface area contributed by atoms with Crippen molar-refractivity contribution in [1.29, 1.82) is 0 Å². The molecule has 0 heterocycles. The summed E-state index contributed by atoms with van der Waals surface area (Å²) in [6.45, 7) is 3.91. The van der Waals surface area contributed by atoms with Gasteiger partial charge in [-0.25, -0.2) is 0 Å². The van der Waals surface area contributed by atoms with Crippen LogP contribution in [-0.2, 0) is 9.59 Å². The fourth-order valence-electron chi connectivity index (χ4n) is 2.14. The maximum absolute atomic E-state index is 11.3. The fourth-order valence-corrected chi connectivity index (χ4v) is 2.14. The topological polar surface area (TPSA) is 34.1 Å². The zero-order valence-electron chi connectivity index (χ0n) is 9.85. The van der Waals surface area contributed by atoms with Gasteiger partial charge in [0.1, 0.15) is 12.6 Å². The van der Waals surface area contributed by atoms with E-state index in [9.17, 15) is 9.59 Å². The van der Waals surface area contributed by atoms with Crippen molar-refractivity contribution in [2.45, 2.75) is 32.6 Å². The van der Waals surface area contributed by atoms with Crippen LogP contribution in [0.25, 0.3) is 0 Å². The van der Waals surface area contributed by atoms with Crippen LogP contribution in [0.4, 0.5) is 0 Å². The molecule has 0 bridgehead atoms. The summed E-state index contributed by atoms with van der Waals surface area (Å²) in [7, 11) is 0. The molecule has 16 heavy (non-hydrogen) atoms. The first-order valence-corrected chi connectivity index (χ1v) is 5.70. The molecule has 1 rings (SSSR count). The number of carbonyl (C=O) groups excluding carboxylic acids is 2. The Kier molecular flexibility index (Phi) is 4.41. The number of benzene rings is 1. The number of aldehydes is 2. The minimum atomic E-state index is -0.552. The molecule has 1 aromatic carbocycles. The van der Waals surface area contributed by atoms with E-state index in [1.807, 2.05) is 44.2 Å². The summed E-state index contributed by atoms with van der Waals surface area (Å²) in [6.07, 6.45) is 3.21. The van der Waals surface area contributed by atoms with Gasteiger partial charge in [0.05, 0.1) is 5.92 Å². The van der Waals surface area contributed by atoms with E-state index in [1.165, 1.54) is 0 Å². The predicted octanol–water partition coefficient (Wildman–Crippen LogP) is 2.97. The van der Waals surface area contributed by atoms with Crippen molar-refractivity contribution in [2.24, 2.45) is 5.41 Å². The van der Waals surface area contributed by atoms with Crippen LogP contribution in [0.2, 0.25) is 0 Å². The zero-order chi connectivity index (χ0) is 12.0. The third kappa shape index (κ3) is 2.21. The molecular formula is C14H18O2. The predicted molar refractivity (Wildman–Crippen MR) is 64.3 cm³/mol. The highest BCUT2D eigenvalue weighted by molar-refractivity contribution is 5.74. The highest BCUT2D eigenvalue weighted by Gasteiger charge is 2.36. The summed E-state index contributed by atoms with van der Waals surface area (Å²) in [5.41, 5.74) is 0.372. The van der Waals surface area contributed by atoms with Gasteiger partial charge in [-0.1, -0.05) is 44.2 Å². The Morgan fingerprint density at radius 2 is 1.69 bits per heavy atom. The molecule has 0 saturated carbocycles. The maximum Gasteiger partial charge on any atom is 0.128 e. The van der Waals surface area contributed by atoms with Crippen molar-refractivity contribution in [1.82, 2.24) is 0 Å². The number of rotatable bonds is 6. The molecular weight excluding hydrogens is 200 g/mol. The van der Waals surface area contributed by atoms with Crippen molar-refractivity contribution in [3.8, 4) is 0 Å². The van der Waals surface area contributed by atoms with E-state index in [2.05, 4.69) is 0 Å². The lowest BCUT2D eigenvalue weighted by atomic mass is 9.70. The SMILES string of the molecule is CCC(C=O)(CC)C(C=O)c1ccccc1. The van der Waals surface area contributed by atoms with Crippen molar-refractivity contribution < 1.29 is 9.59 Å². The van der Waals surface area contributed by atoms with E-state index >= 15 is 0 Å². The van der Waals surface area contributed by atoms with Gasteiger partial charge in [0.15, 0.2) is 0 Å². The summed E-state index contributed by atoms with van der Waals surface area (Å²) in [4.78, 5) is 22.6. The lowest BCUT2D eigenvalue weighted by molar-refractivity contribution is -0.123. The second-order valence-electron chi connectivity index (χ2n) is 4.08. The molecule has 1 aromatic rings. The molecule has 2 nitrogen and oxygen atoms in total. The molecule has 0 spiro atoms. The summed E-state index contributed by atoms with van der Waals surface area (Å²) in [5.74, 6) is -0.332. The van der Waals surface area contributed by atoms with Gasteiger partial charge in [-0.2, -0.15) is 0 Å². The largest absolute Gasteiger partial charge is 0.303 e.